The molecule has 0 unspecified atom stereocenters. The summed E-state index contributed by atoms with van der Waals surface area (Å²) in [6.07, 6.45) is 0. The van der Waals surface area contributed by atoms with Crippen LogP contribution < -0.4 is 4.90 Å². The fourth-order valence-corrected chi connectivity index (χ4v) is 5.14. The molecular formula is C32H20F4N2O4. The van der Waals surface area contributed by atoms with Gasteiger partial charge < -0.3 is 0 Å². The Hall–Kier alpha value is -5.12. The molecule has 0 radical (unpaired) electrons. The van der Waals surface area contributed by atoms with Crippen molar-refractivity contribution in [3.63, 3.8) is 0 Å². The van der Waals surface area contributed by atoms with Gasteiger partial charge in [0.1, 0.15) is 0 Å². The van der Waals surface area contributed by atoms with E-state index in [0.29, 0.717) is 0 Å². The van der Waals surface area contributed by atoms with E-state index >= 15 is 17.6 Å². The standard InChI is InChI=1S/C32H20F4N2O4/c1-17-3-5-18(6-4-17)31(33,34)19-7-11-22(12-8-19)38-29(41)24-14-10-21(16-26(24)30(38)42)32(35,36)20-9-13-23-25(15-20)28(40)37(2)27(23)39/h3-16H,1-2H3. The first-order valence-corrected chi connectivity index (χ1v) is 12.8. The van der Waals surface area contributed by atoms with Crippen molar-refractivity contribution in [2.24, 2.45) is 0 Å². The lowest BCUT2D eigenvalue weighted by Crippen LogP contribution is -2.29. The Kier molecular flexibility index (Phi) is 5.93. The zero-order chi connectivity index (χ0) is 30.1. The van der Waals surface area contributed by atoms with Crippen molar-refractivity contribution in [2.75, 3.05) is 11.9 Å². The summed E-state index contributed by atoms with van der Waals surface area (Å²) in [6.45, 7) is 1.78. The molecule has 0 spiro atoms. The van der Waals surface area contributed by atoms with Crippen LogP contribution in [0.4, 0.5) is 23.2 Å². The molecule has 0 bridgehead atoms. The van der Waals surface area contributed by atoms with Crippen molar-refractivity contribution in [3.05, 3.63) is 135 Å². The van der Waals surface area contributed by atoms with Gasteiger partial charge in [-0.25, -0.2) is 4.90 Å². The highest BCUT2D eigenvalue weighted by Gasteiger charge is 2.43. The van der Waals surface area contributed by atoms with Crippen LogP contribution >= 0.6 is 0 Å². The lowest BCUT2D eigenvalue weighted by atomic mass is 9.94. The molecular weight excluding hydrogens is 552 g/mol. The summed E-state index contributed by atoms with van der Waals surface area (Å²) in [7, 11) is 1.25. The number of fused-ring (bicyclic) bond motifs is 2. The smallest absolute Gasteiger partial charge is 0.277 e. The molecule has 4 aromatic rings. The van der Waals surface area contributed by atoms with Gasteiger partial charge >= 0.3 is 0 Å². The summed E-state index contributed by atoms with van der Waals surface area (Å²) in [5.41, 5.74) is -1.48. The Morgan fingerprint density at radius 2 is 0.881 bits per heavy atom. The number of halogens is 4. The summed E-state index contributed by atoms with van der Waals surface area (Å²) in [5.74, 6) is -10.00. The predicted molar refractivity (Wildman–Crippen MR) is 144 cm³/mol. The average molecular weight is 573 g/mol. The van der Waals surface area contributed by atoms with E-state index in [1.807, 2.05) is 0 Å². The van der Waals surface area contributed by atoms with Crippen LogP contribution in [0.3, 0.4) is 0 Å². The van der Waals surface area contributed by atoms with Gasteiger partial charge in [-0.15, -0.1) is 0 Å². The van der Waals surface area contributed by atoms with Crippen LogP contribution in [-0.4, -0.2) is 35.6 Å². The molecule has 42 heavy (non-hydrogen) atoms. The summed E-state index contributed by atoms with van der Waals surface area (Å²) < 4.78 is 61.4. The Balaban J connectivity index is 1.30. The van der Waals surface area contributed by atoms with Crippen molar-refractivity contribution in [1.29, 1.82) is 0 Å². The van der Waals surface area contributed by atoms with E-state index in [-0.39, 0.29) is 39.1 Å². The zero-order valence-electron chi connectivity index (χ0n) is 22.1. The topological polar surface area (TPSA) is 74.8 Å². The van der Waals surface area contributed by atoms with Crippen molar-refractivity contribution in [2.45, 2.75) is 18.8 Å². The Labute approximate surface area is 236 Å². The van der Waals surface area contributed by atoms with Crippen LogP contribution in [0.1, 0.15) is 69.2 Å². The van der Waals surface area contributed by atoms with E-state index in [2.05, 4.69) is 0 Å². The predicted octanol–water partition coefficient (Wildman–Crippen LogP) is 6.30. The first-order chi connectivity index (χ1) is 19.8. The minimum absolute atomic E-state index is 0.00360. The van der Waals surface area contributed by atoms with Gasteiger partial charge in [0.05, 0.1) is 27.9 Å². The maximum Gasteiger partial charge on any atom is 0.298 e. The number of alkyl halides is 4. The highest BCUT2D eigenvalue weighted by Crippen LogP contribution is 2.41. The fourth-order valence-electron chi connectivity index (χ4n) is 5.14. The van der Waals surface area contributed by atoms with Gasteiger partial charge in [-0.05, 0) is 43.3 Å². The minimum atomic E-state index is -3.69. The monoisotopic (exact) mass is 572 g/mol. The summed E-state index contributed by atoms with van der Waals surface area (Å²) >= 11 is 0. The number of carbonyl (C=O) groups is 4. The normalized spacial score (nSPS) is 15.0. The zero-order valence-corrected chi connectivity index (χ0v) is 22.1. The van der Waals surface area contributed by atoms with Crippen molar-refractivity contribution in [1.82, 2.24) is 4.90 Å². The molecule has 2 heterocycles. The number of rotatable bonds is 5. The molecule has 0 aliphatic carbocycles. The number of anilines is 1. The largest absolute Gasteiger partial charge is 0.298 e. The first-order valence-electron chi connectivity index (χ1n) is 12.8. The van der Waals surface area contributed by atoms with E-state index in [1.165, 1.54) is 31.3 Å². The van der Waals surface area contributed by atoms with E-state index in [0.717, 1.165) is 63.9 Å². The highest BCUT2D eigenvalue weighted by atomic mass is 19.3. The number of amides is 4. The number of hydrogen-bond donors (Lipinski definition) is 0. The Bertz CT molecular complexity index is 1830. The molecule has 0 saturated carbocycles. The summed E-state index contributed by atoms with van der Waals surface area (Å²) in [4.78, 5) is 52.4. The number of carbonyl (C=O) groups excluding carboxylic acids is 4. The lowest BCUT2D eigenvalue weighted by Gasteiger charge is -2.19. The van der Waals surface area contributed by atoms with Gasteiger partial charge in [0, 0.05) is 29.3 Å². The molecule has 0 atom stereocenters. The third-order valence-corrected chi connectivity index (χ3v) is 7.60. The number of hydrogen-bond acceptors (Lipinski definition) is 4. The van der Waals surface area contributed by atoms with Crippen LogP contribution in [0.15, 0.2) is 84.9 Å². The van der Waals surface area contributed by atoms with Gasteiger partial charge in [-0.3, -0.25) is 24.1 Å². The van der Waals surface area contributed by atoms with Gasteiger partial charge in [0.2, 0.25) is 0 Å². The molecule has 0 saturated heterocycles. The van der Waals surface area contributed by atoms with E-state index < -0.39 is 46.6 Å². The second-order valence-corrected chi connectivity index (χ2v) is 10.2. The highest BCUT2D eigenvalue weighted by molar-refractivity contribution is 6.34. The number of aryl methyl sites for hydroxylation is 1. The maximum absolute atomic E-state index is 15.6. The van der Waals surface area contributed by atoms with E-state index in [1.54, 1.807) is 19.1 Å². The summed E-state index contributed by atoms with van der Waals surface area (Å²) in [5, 5.41) is 0. The molecule has 2 aliphatic rings. The van der Waals surface area contributed by atoms with Crippen molar-refractivity contribution >= 4 is 29.3 Å². The molecule has 2 aliphatic heterocycles. The molecule has 6 rings (SSSR count). The van der Waals surface area contributed by atoms with E-state index in [4.69, 9.17) is 0 Å². The fraction of sp³-hybridized carbons (Fsp3) is 0.125. The Morgan fingerprint density at radius 1 is 0.500 bits per heavy atom. The van der Waals surface area contributed by atoms with E-state index in [9.17, 15) is 19.2 Å². The van der Waals surface area contributed by atoms with Gasteiger partial charge in [0.15, 0.2) is 0 Å². The minimum Gasteiger partial charge on any atom is -0.277 e. The SMILES string of the molecule is Cc1ccc(C(F)(F)c2ccc(N3C(=O)c4ccc(C(F)(F)c5ccc6c(c5)C(=O)N(C)C6=O)cc4C3=O)cc2)cc1. The first kappa shape index (κ1) is 27.1. The number of imide groups is 2. The maximum atomic E-state index is 15.6. The van der Waals surface area contributed by atoms with Gasteiger partial charge in [-0.1, -0.05) is 54.1 Å². The molecule has 0 aromatic heterocycles. The average Bonchev–Trinajstić information content (AvgIpc) is 3.36. The molecule has 0 N–H and O–H groups in total. The van der Waals surface area contributed by atoms with Crippen molar-refractivity contribution in [3.8, 4) is 0 Å². The quantitative estimate of drug-likeness (QED) is 0.208. The van der Waals surface area contributed by atoms with Crippen LogP contribution in [0.2, 0.25) is 0 Å². The Morgan fingerprint density at radius 3 is 1.43 bits per heavy atom. The molecule has 4 aromatic carbocycles. The number of nitrogens with zero attached hydrogens (tertiary/aromatic N) is 2. The lowest BCUT2D eigenvalue weighted by molar-refractivity contribution is 0.0422. The van der Waals surface area contributed by atoms with Crippen LogP contribution in [0, 0.1) is 6.92 Å². The second kappa shape index (κ2) is 9.20. The molecule has 6 nitrogen and oxygen atoms in total. The van der Waals surface area contributed by atoms with Crippen LogP contribution in [0.5, 0.6) is 0 Å². The third-order valence-electron chi connectivity index (χ3n) is 7.60. The van der Waals surface area contributed by atoms with Gasteiger partial charge in [0.25, 0.3) is 35.5 Å². The van der Waals surface area contributed by atoms with Crippen LogP contribution in [-0.2, 0) is 11.8 Å². The summed E-state index contributed by atoms with van der Waals surface area (Å²) in [6, 6.07) is 16.5. The molecule has 10 heteroatoms. The third kappa shape index (κ3) is 3.93. The number of benzene rings is 4. The molecule has 4 amide bonds. The molecule has 210 valence electrons. The van der Waals surface area contributed by atoms with Gasteiger partial charge in [-0.2, -0.15) is 17.6 Å². The van der Waals surface area contributed by atoms with Crippen LogP contribution in [0.25, 0.3) is 0 Å². The van der Waals surface area contributed by atoms with Crippen molar-refractivity contribution < 1.29 is 36.7 Å². The molecule has 0 fully saturated rings. The second-order valence-electron chi connectivity index (χ2n) is 10.2.